The van der Waals surface area contributed by atoms with Gasteiger partial charge in [-0.2, -0.15) is 0 Å². The number of anilines is 1. The number of rotatable bonds is 5. The number of carbonyl (C=O) groups excluding carboxylic acids is 2. The number of ketones is 1. The number of hydrogen-bond donors (Lipinski definition) is 2. The van der Waals surface area contributed by atoms with E-state index in [9.17, 15) is 9.59 Å². The predicted molar refractivity (Wildman–Crippen MR) is 120 cm³/mol. The predicted octanol–water partition coefficient (Wildman–Crippen LogP) is 4.88. The van der Waals surface area contributed by atoms with E-state index >= 15 is 0 Å². The van der Waals surface area contributed by atoms with Crippen molar-refractivity contribution in [2.45, 2.75) is 26.8 Å². The number of amides is 1. The van der Waals surface area contributed by atoms with Crippen molar-refractivity contribution in [3.8, 4) is 0 Å². The van der Waals surface area contributed by atoms with Crippen LogP contribution in [0, 0.1) is 6.92 Å². The van der Waals surface area contributed by atoms with Gasteiger partial charge in [-0.3, -0.25) is 9.59 Å². The van der Waals surface area contributed by atoms with Gasteiger partial charge in [0.2, 0.25) is 5.91 Å². The molecule has 7 heteroatoms. The summed E-state index contributed by atoms with van der Waals surface area (Å²) in [6.07, 6.45) is 0. The third-order valence-corrected chi connectivity index (χ3v) is 5.60. The van der Waals surface area contributed by atoms with Gasteiger partial charge in [-0.15, -0.1) is 0 Å². The first-order valence-corrected chi connectivity index (χ1v) is 10.5. The lowest BCUT2D eigenvalue weighted by Gasteiger charge is -2.25. The van der Waals surface area contributed by atoms with Crippen LogP contribution in [-0.4, -0.2) is 22.6 Å². The zero-order valence-electron chi connectivity index (χ0n) is 16.5. The van der Waals surface area contributed by atoms with Crippen LogP contribution in [0.15, 0.2) is 64.8 Å². The highest BCUT2D eigenvalue weighted by Crippen LogP contribution is 2.33. The first-order valence-electron chi connectivity index (χ1n) is 9.15. The number of aliphatic imine (C=N–C) groups is 1. The number of carbonyl (C=O) groups is 2. The molecule has 29 heavy (non-hydrogen) atoms. The Morgan fingerprint density at radius 1 is 1.10 bits per heavy atom. The quantitative estimate of drug-likeness (QED) is 0.713. The number of aryl methyl sites for hydroxylation is 1. The molecule has 2 aromatic carbocycles. The Kier molecular flexibility index (Phi) is 6.77. The van der Waals surface area contributed by atoms with Crippen LogP contribution in [0.25, 0.3) is 0 Å². The molecule has 0 bridgehead atoms. The summed E-state index contributed by atoms with van der Waals surface area (Å²) in [6, 6.07) is 14.5. The van der Waals surface area contributed by atoms with Crippen LogP contribution in [0.1, 0.15) is 31.0 Å². The smallest absolute Gasteiger partial charge is 0.234 e. The van der Waals surface area contributed by atoms with Crippen molar-refractivity contribution in [2.24, 2.45) is 4.99 Å². The fraction of sp³-hybridized carbons (Fsp3) is 0.227. The number of amidine groups is 1. The first-order chi connectivity index (χ1) is 13.8. The van der Waals surface area contributed by atoms with Gasteiger partial charge in [-0.25, -0.2) is 4.99 Å². The minimum Gasteiger partial charge on any atom is -0.338 e. The SMILES string of the molecule is CC(=O)C1=C(C)NC(SCC(=O)Nc2ccc(C)cc2)=NC1c1ccc(Cl)cc1. The second-order valence-electron chi connectivity index (χ2n) is 6.81. The zero-order valence-corrected chi connectivity index (χ0v) is 18.0. The molecule has 150 valence electrons. The summed E-state index contributed by atoms with van der Waals surface area (Å²) in [5.74, 6) is 0.0423. The average molecular weight is 428 g/mol. The molecule has 2 aromatic rings. The van der Waals surface area contributed by atoms with Crippen molar-refractivity contribution in [3.63, 3.8) is 0 Å². The minimum absolute atomic E-state index is 0.0418. The van der Waals surface area contributed by atoms with Gasteiger partial charge in [-0.1, -0.05) is 53.2 Å². The number of nitrogens with zero attached hydrogens (tertiary/aromatic N) is 1. The molecule has 1 aliphatic heterocycles. The maximum Gasteiger partial charge on any atom is 0.234 e. The lowest BCUT2D eigenvalue weighted by molar-refractivity contribution is -0.114. The Labute approximate surface area is 179 Å². The van der Waals surface area contributed by atoms with Crippen LogP contribution in [0.3, 0.4) is 0 Å². The molecule has 0 aliphatic carbocycles. The van der Waals surface area contributed by atoms with Crippen molar-refractivity contribution in [3.05, 3.63) is 76.0 Å². The standard InChI is InChI=1S/C22H22ClN3O2S/c1-13-4-10-18(11-5-13)25-19(28)12-29-22-24-14(2)20(15(3)27)21(26-22)16-6-8-17(23)9-7-16/h4-11,21H,12H2,1-3H3,(H,24,26)(H,25,28). The lowest BCUT2D eigenvalue weighted by atomic mass is 9.94. The Morgan fingerprint density at radius 3 is 2.38 bits per heavy atom. The molecule has 2 N–H and O–H groups in total. The van der Waals surface area contributed by atoms with Gasteiger partial charge in [0.15, 0.2) is 11.0 Å². The van der Waals surface area contributed by atoms with Crippen molar-refractivity contribution in [1.82, 2.24) is 5.32 Å². The zero-order chi connectivity index (χ0) is 21.0. The maximum absolute atomic E-state index is 12.3. The highest BCUT2D eigenvalue weighted by atomic mass is 35.5. The summed E-state index contributed by atoms with van der Waals surface area (Å²) in [5.41, 5.74) is 4.13. The molecule has 0 fully saturated rings. The van der Waals surface area contributed by atoms with E-state index in [1.807, 2.05) is 50.2 Å². The number of halogens is 1. The number of thioether (sulfide) groups is 1. The molecule has 0 aromatic heterocycles. The van der Waals surface area contributed by atoms with Crippen molar-refractivity contribution < 1.29 is 9.59 Å². The third-order valence-electron chi connectivity index (χ3n) is 4.46. The van der Waals surface area contributed by atoms with Crippen LogP contribution in [0.4, 0.5) is 5.69 Å². The first kappa shape index (κ1) is 21.1. The molecular formula is C22H22ClN3O2S. The maximum atomic E-state index is 12.3. The second kappa shape index (κ2) is 9.29. The second-order valence-corrected chi connectivity index (χ2v) is 8.21. The molecule has 0 spiro atoms. The summed E-state index contributed by atoms with van der Waals surface area (Å²) < 4.78 is 0. The van der Waals surface area contributed by atoms with E-state index in [0.717, 1.165) is 22.5 Å². The Hall–Kier alpha value is -2.57. The Morgan fingerprint density at radius 2 is 1.76 bits per heavy atom. The summed E-state index contributed by atoms with van der Waals surface area (Å²) in [6.45, 7) is 5.38. The Balaban J connectivity index is 1.72. The van der Waals surface area contributed by atoms with Gasteiger partial charge in [0.1, 0.15) is 6.04 Å². The van der Waals surface area contributed by atoms with Crippen LogP contribution in [-0.2, 0) is 9.59 Å². The number of nitrogens with one attached hydrogen (secondary N) is 2. The summed E-state index contributed by atoms with van der Waals surface area (Å²) in [7, 11) is 0. The molecule has 1 unspecified atom stereocenters. The highest BCUT2D eigenvalue weighted by molar-refractivity contribution is 8.14. The molecule has 5 nitrogen and oxygen atoms in total. The molecule has 1 aliphatic rings. The van der Waals surface area contributed by atoms with Crippen molar-refractivity contribution in [2.75, 3.05) is 11.1 Å². The molecule has 0 radical (unpaired) electrons. The summed E-state index contributed by atoms with van der Waals surface area (Å²) in [5, 5.41) is 7.25. The topological polar surface area (TPSA) is 70.6 Å². The molecule has 1 amide bonds. The highest BCUT2D eigenvalue weighted by Gasteiger charge is 2.27. The van der Waals surface area contributed by atoms with Crippen LogP contribution < -0.4 is 10.6 Å². The fourth-order valence-electron chi connectivity index (χ4n) is 3.03. The van der Waals surface area contributed by atoms with E-state index < -0.39 is 6.04 Å². The normalized spacial score (nSPS) is 16.1. The van der Waals surface area contributed by atoms with Gasteiger partial charge < -0.3 is 10.6 Å². The van der Waals surface area contributed by atoms with Crippen LogP contribution in [0.2, 0.25) is 5.02 Å². The fourth-order valence-corrected chi connectivity index (χ4v) is 3.90. The van der Waals surface area contributed by atoms with Crippen LogP contribution >= 0.6 is 23.4 Å². The van der Waals surface area contributed by atoms with E-state index in [1.54, 1.807) is 12.1 Å². The largest absolute Gasteiger partial charge is 0.338 e. The number of allylic oxidation sites excluding steroid dienone is 1. The van der Waals surface area contributed by atoms with Gasteiger partial charge in [0.05, 0.1) is 5.75 Å². The van der Waals surface area contributed by atoms with E-state index in [4.69, 9.17) is 16.6 Å². The number of hydrogen-bond acceptors (Lipinski definition) is 5. The summed E-state index contributed by atoms with van der Waals surface area (Å²) >= 11 is 7.29. The molecule has 1 heterocycles. The Bertz CT molecular complexity index is 982. The van der Waals surface area contributed by atoms with Gasteiger partial charge >= 0.3 is 0 Å². The molecule has 0 saturated carbocycles. The minimum atomic E-state index is -0.423. The molecular weight excluding hydrogens is 406 g/mol. The van der Waals surface area contributed by atoms with Gasteiger partial charge in [0, 0.05) is 22.0 Å². The van der Waals surface area contributed by atoms with E-state index in [1.165, 1.54) is 18.7 Å². The third kappa shape index (κ3) is 5.49. The van der Waals surface area contributed by atoms with Gasteiger partial charge in [0.25, 0.3) is 0 Å². The van der Waals surface area contributed by atoms with E-state index in [0.29, 0.717) is 15.8 Å². The molecule has 3 rings (SSSR count). The van der Waals surface area contributed by atoms with Crippen molar-refractivity contribution >= 4 is 45.9 Å². The van der Waals surface area contributed by atoms with E-state index in [-0.39, 0.29) is 17.4 Å². The van der Waals surface area contributed by atoms with Gasteiger partial charge in [-0.05, 0) is 50.6 Å². The number of benzene rings is 2. The lowest BCUT2D eigenvalue weighted by Crippen LogP contribution is -2.30. The average Bonchev–Trinajstić information content (AvgIpc) is 2.68. The van der Waals surface area contributed by atoms with E-state index in [2.05, 4.69) is 10.6 Å². The van der Waals surface area contributed by atoms with Crippen LogP contribution in [0.5, 0.6) is 0 Å². The monoisotopic (exact) mass is 427 g/mol. The number of Topliss-reactive ketones (excluding diaryl/α,β-unsaturated/α-hetero) is 1. The molecule has 1 atom stereocenters. The van der Waals surface area contributed by atoms with Crippen molar-refractivity contribution in [1.29, 1.82) is 0 Å². The summed E-state index contributed by atoms with van der Waals surface area (Å²) in [4.78, 5) is 29.2. The molecule has 0 saturated heterocycles.